The van der Waals surface area contributed by atoms with E-state index < -0.39 is 12.1 Å². The number of nitrogens with zero attached hydrogens (tertiary/aromatic N) is 1. The predicted octanol–water partition coefficient (Wildman–Crippen LogP) is 0.987. The topological polar surface area (TPSA) is 75.1 Å². The predicted molar refractivity (Wildman–Crippen MR) is 112 cm³/mol. The average molecular weight is 397 g/mol. The van der Waals surface area contributed by atoms with Crippen molar-refractivity contribution >= 4 is 17.6 Å². The van der Waals surface area contributed by atoms with Crippen LogP contribution < -0.4 is 25.2 Å². The summed E-state index contributed by atoms with van der Waals surface area (Å²) < 4.78 is 5.23. The first-order valence-electron chi connectivity index (χ1n) is 9.99. The molecule has 1 aliphatic heterocycles. The molecule has 1 aliphatic rings. The minimum Gasteiger partial charge on any atom is -0.497 e. The molecule has 1 heterocycles. The van der Waals surface area contributed by atoms with Gasteiger partial charge in [-0.15, -0.1) is 0 Å². The molecule has 154 valence electrons. The molecule has 1 saturated heterocycles. The van der Waals surface area contributed by atoms with E-state index in [1.54, 1.807) is 7.11 Å². The van der Waals surface area contributed by atoms with Crippen molar-refractivity contribution in [2.75, 3.05) is 44.7 Å². The normalized spacial score (nSPS) is 15.4. The lowest BCUT2D eigenvalue weighted by atomic mass is 10.0. The molecule has 3 N–H and O–H groups in total. The van der Waals surface area contributed by atoms with E-state index in [9.17, 15) is 9.59 Å². The summed E-state index contributed by atoms with van der Waals surface area (Å²) in [7, 11) is 1.66. The van der Waals surface area contributed by atoms with E-state index in [2.05, 4.69) is 27.7 Å². The summed E-state index contributed by atoms with van der Waals surface area (Å²) in [4.78, 5) is 28.3. The van der Waals surface area contributed by atoms with Gasteiger partial charge >= 0.3 is 6.03 Å². The molecule has 0 unspecified atom stereocenters. The van der Waals surface area contributed by atoms with Gasteiger partial charge in [0.1, 0.15) is 5.75 Å². The van der Waals surface area contributed by atoms with Crippen LogP contribution >= 0.6 is 0 Å². The molecule has 2 aromatic rings. The number of rotatable bonds is 6. The van der Waals surface area contributed by atoms with Gasteiger partial charge < -0.3 is 19.9 Å². The van der Waals surface area contributed by atoms with Crippen LogP contribution in [0.2, 0.25) is 0 Å². The Hall–Kier alpha value is -3.06. The monoisotopic (exact) mass is 397 g/mol. The fourth-order valence-corrected chi connectivity index (χ4v) is 3.74. The first kappa shape index (κ1) is 20.7. The molecular formula is C22H29N4O3+. The summed E-state index contributed by atoms with van der Waals surface area (Å²) in [5, 5.41) is 5.12. The van der Waals surface area contributed by atoms with Crippen LogP contribution in [0.3, 0.4) is 0 Å². The molecule has 1 atom stereocenters. The zero-order chi connectivity index (χ0) is 20.6. The van der Waals surface area contributed by atoms with Crippen LogP contribution in [-0.4, -0.2) is 51.8 Å². The van der Waals surface area contributed by atoms with E-state index in [0.717, 1.165) is 48.1 Å². The lowest BCUT2D eigenvalue weighted by molar-refractivity contribution is -0.922. The molecule has 1 fully saturated rings. The van der Waals surface area contributed by atoms with Gasteiger partial charge in [-0.3, -0.25) is 10.1 Å². The molecule has 3 amide bonds. The number of benzene rings is 2. The fraction of sp³-hybridized carbons (Fsp3) is 0.364. The van der Waals surface area contributed by atoms with Crippen LogP contribution in [0.25, 0.3) is 0 Å². The second-order valence-corrected chi connectivity index (χ2v) is 7.04. The Kier molecular flexibility index (Phi) is 7.08. The summed E-state index contributed by atoms with van der Waals surface area (Å²) in [5.74, 6) is 0.569. The van der Waals surface area contributed by atoms with Crippen LogP contribution in [0.4, 0.5) is 10.5 Å². The molecule has 0 bridgehead atoms. The number of piperazine rings is 1. The van der Waals surface area contributed by atoms with Gasteiger partial charge in [0, 0.05) is 17.8 Å². The van der Waals surface area contributed by atoms with Gasteiger partial charge in [-0.1, -0.05) is 30.3 Å². The third-order valence-corrected chi connectivity index (χ3v) is 5.22. The number of amides is 3. The van der Waals surface area contributed by atoms with Crippen molar-refractivity contribution in [1.29, 1.82) is 0 Å². The van der Waals surface area contributed by atoms with Gasteiger partial charge in [0.25, 0.3) is 5.91 Å². The second-order valence-electron chi connectivity index (χ2n) is 7.04. The van der Waals surface area contributed by atoms with Crippen molar-refractivity contribution in [2.45, 2.75) is 13.0 Å². The Morgan fingerprint density at radius 2 is 1.72 bits per heavy atom. The van der Waals surface area contributed by atoms with Crippen LogP contribution in [0, 0.1) is 0 Å². The van der Waals surface area contributed by atoms with E-state index in [1.165, 1.54) is 0 Å². The third kappa shape index (κ3) is 5.26. The summed E-state index contributed by atoms with van der Waals surface area (Å²) >= 11 is 0. The quantitative estimate of drug-likeness (QED) is 0.680. The molecule has 0 radical (unpaired) electrons. The Labute approximate surface area is 171 Å². The van der Waals surface area contributed by atoms with Gasteiger partial charge in [-0.25, -0.2) is 4.79 Å². The van der Waals surface area contributed by atoms with Crippen molar-refractivity contribution in [1.82, 2.24) is 10.6 Å². The van der Waals surface area contributed by atoms with Crippen molar-refractivity contribution in [3.8, 4) is 5.75 Å². The van der Waals surface area contributed by atoms with Crippen LogP contribution in [0.5, 0.6) is 5.75 Å². The molecule has 3 rings (SSSR count). The van der Waals surface area contributed by atoms with Gasteiger partial charge in [0.15, 0.2) is 6.04 Å². The fourth-order valence-electron chi connectivity index (χ4n) is 3.74. The van der Waals surface area contributed by atoms with E-state index in [4.69, 9.17) is 4.74 Å². The van der Waals surface area contributed by atoms with Gasteiger partial charge in [-0.2, -0.15) is 0 Å². The maximum atomic E-state index is 12.9. The van der Waals surface area contributed by atoms with Crippen LogP contribution in [0.1, 0.15) is 18.5 Å². The Morgan fingerprint density at radius 1 is 1.07 bits per heavy atom. The first-order valence-corrected chi connectivity index (χ1v) is 9.99. The van der Waals surface area contributed by atoms with E-state index >= 15 is 0 Å². The average Bonchev–Trinajstić information content (AvgIpc) is 2.75. The summed E-state index contributed by atoms with van der Waals surface area (Å²) in [5.41, 5.74) is 2.06. The van der Waals surface area contributed by atoms with Crippen molar-refractivity contribution in [3.05, 3.63) is 60.2 Å². The number of anilines is 1. The number of hydrogen-bond donors (Lipinski definition) is 3. The number of quaternary nitrogens is 1. The minimum absolute atomic E-state index is 0.268. The molecule has 2 aromatic carbocycles. The maximum absolute atomic E-state index is 12.9. The Bertz CT molecular complexity index is 803. The van der Waals surface area contributed by atoms with E-state index in [1.807, 2.05) is 49.4 Å². The lowest BCUT2D eigenvalue weighted by Gasteiger charge is -2.37. The van der Waals surface area contributed by atoms with E-state index in [-0.39, 0.29) is 5.91 Å². The van der Waals surface area contributed by atoms with Crippen molar-refractivity contribution in [2.24, 2.45) is 0 Å². The van der Waals surface area contributed by atoms with Crippen molar-refractivity contribution in [3.63, 3.8) is 0 Å². The number of ether oxygens (including phenoxy) is 1. The zero-order valence-corrected chi connectivity index (χ0v) is 17.0. The van der Waals surface area contributed by atoms with Crippen molar-refractivity contribution < 1.29 is 19.2 Å². The highest BCUT2D eigenvalue weighted by molar-refractivity contribution is 5.96. The number of imide groups is 1. The highest BCUT2D eigenvalue weighted by Gasteiger charge is 2.35. The standard InChI is InChI=1S/C22H28N4O3/c1-3-23-22(28)24-21(27)20(17-7-5-4-6-8-17)26-15-13-25(14-16-26)18-9-11-19(29-2)12-10-18/h4-12,20H,3,13-16H2,1-2H3,(H2,23,24,27,28)/p+1/t20-/m1/s1. The molecular weight excluding hydrogens is 368 g/mol. The minimum atomic E-state index is -0.449. The second kappa shape index (κ2) is 9.93. The maximum Gasteiger partial charge on any atom is 0.321 e. The summed E-state index contributed by atoms with van der Waals surface area (Å²) in [6, 6.07) is 16.8. The molecule has 7 heteroatoms. The SMILES string of the molecule is CCNC(=O)NC(=O)[C@@H](c1ccccc1)[NH+]1CCN(c2ccc(OC)cc2)CC1. The number of nitrogens with one attached hydrogen (secondary N) is 3. The number of hydrogen-bond acceptors (Lipinski definition) is 4. The first-order chi connectivity index (χ1) is 14.1. The molecule has 0 aromatic heterocycles. The molecule has 7 nitrogen and oxygen atoms in total. The molecule has 0 saturated carbocycles. The van der Waals surface area contributed by atoms with Crippen LogP contribution in [-0.2, 0) is 4.79 Å². The van der Waals surface area contributed by atoms with Gasteiger partial charge in [0.2, 0.25) is 0 Å². The zero-order valence-electron chi connectivity index (χ0n) is 17.0. The molecule has 0 aliphatic carbocycles. The number of carbonyl (C=O) groups is 2. The Balaban J connectivity index is 1.70. The van der Waals surface area contributed by atoms with E-state index in [0.29, 0.717) is 6.54 Å². The number of carbonyl (C=O) groups excluding carboxylic acids is 2. The summed E-state index contributed by atoms with van der Waals surface area (Å²) in [6.07, 6.45) is 0. The number of urea groups is 1. The molecule has 0 spiro atoms. The highest BCUT2D eigenvalue weighted by atomic mass is 16.5. The molecule has 29 heavy (non-hydrogen) atoms. The van der Waals surface area contributed by atoms with Gasteiger partial charge in [-0.05, 0) is 31.2 Å². The largest absolute Gasteiger partial charge is 0.497 e. The third-order valence-electron chi connectivity index (χ3n) is 5.22. The highest BCUT2D eigenvalue weighted by Crippen LogP contribution is 2.19. The Morgan fingerprint density at radius 3 is 2.31 bits per heavy atom. The van der Waals surface area contributed by atoms with Gasteiger partial charge in [0.05, 0.1) is 33.3 Å². The smallest absolute Gasteiger partial charge is 0.321 e. The lowest BCUT2D eigenvalue weighted by Crippen LogP contribution is -3.16. The number of methoxy groups -OCH3 is 1. The van der Waals surface area contributed by atoms with Crippen LogP contribution in [0.15, 0.2) is 54.6 Å². The summed E-state index contributed by atoms with van der Waals surface area (Å²) in [6.45, 7) is 5.56.